The molecule has 0 unspecified atom stereocenters. The molecular weight excluding hydrogens is 192 g/mol. The molecule has 0 spiro atoms. The number of rotatable bonds is 2. The average Bonchev–Trinajstić information content (AvgIpc) is 2.25. The van der Waals surface area contributed by atoms with Crippen molar-refractivity contribution in [3.8, 4) is 0 Å². The number of carbonyl (C=O) groups excluding carboxylic acids is 1. The molecule has 0 saturated carbocycles. The molecule has 4 nitrogen and oxygen atoms in total. The van der Waals surface area contributed by atoms with E-state index < -0.39 is 0 Å². The van der Waals surface area contributed by atoms with Crippen LogP contribution >= 0.6 is 0 Å². The highest BCUT2D eigenvalue weighted by Gasteiger charge is 2.21. The van der Waals surface area contributed by atoms with Crippen LogP contribution < -0.4 is 5.73 Å². The molecule has 2 aliphatic rings. The van der Waals surface area contributed by atoms with Gasteiger partial charge in [0.25, 0.3) is 0 Å². The number of nitrogens with two attached hydrogens (primary N) is 1. The number of nitrogens with zero attached hydrogens (tertiary/aromatic N) is 1. The Morgan fingerprint density at radius 2 is 2.00 bits per heavy atom. The summed E-state index contributed by atoms with van der Waals surface area (Å²) >= 11 is 0. The number of morpholine rings is 1. The smallest absolute Gasteiger partial charge is 0.161 e. The van der Waals surface area contributed by atoms with Crippen LogP contribution in [0.25, 0.3) is 0 Å². The lowest BCUT2D eigenvalue weighted by molar-refractivity contribution is -0.116. The molecule has 1 heterocycles. The van der Waals surface area contributed by atoms with E-state index in [1.54, 1.807) is 0 Å². The molecule has 1 fully saturated rings. The molecule has 2 rings (SSSR count). The number of allylic oxidation sites excluding steroid dienone is 1. The predicted molar refractivity (Wildman–Crippen MR) is 57.3 cm³/mol. The molecule has 1 aliphatic heterocycles. The van der Waals surface area contributed by atoms with Gasteiger partial charge in [0.15, 0.2) is 5.78 Å². The van der Waals surface area contributed by atoms with E-state index in [9.17, 15) is 4.79 Å². The zero-order valence-electron chi connectivity index (χ0n) is 9.00. The molecule has 1 saturated heterocycles. The van der Waals surface area contributed by atoms with Crippen molar-refractivity contribution in [1.29, 1.82) is 0 Å². The van der Waals surface area contributed by atoms with E-state index in [1.807, 2.05) is 0 Å². The quantitative estimate of drug-likeness (QED) is 0.711. The maximum atomic E-state index is 11.7. The van der Waals surface area contributed by atoms with E-state index in [2.05, 4.69) is 4.90 Å². The van der Waals surface area contributed by atoms with Gasteiger partial charge in [0.05, 0.1) is 13.2 Å². The molecule has 0 radical (unpaired) electrons. The van der Waals surface area contributed by atoms with Gasteiger partial charge >= 0.3 is 0 Å². The fraction of sp³-hybridized carbons (Fsp3) is 0.727. The second-order valence-electron chi connectivity index (χ2n) is 4.17. The molecule has 0 aromatic rings. The van der Waals surface area contributed by atoms with Crippen LogP contribution in [-0.2, 0) is 9.53 Å². The van der Waals surface area contributed by atoms with Gasteiger partial charge in [0.1, 0.15) is 0 Å². The number of ether oxygens (including phenoxy) is 1. The van der Waals surface area contributed by atoms with Gasteiger partial charge in [-0.3, -0.25) is 9.69 Å². The molecule has 0 atom stereocenters. The Hall–Kier alpha value is -0.870. The van der Waals surface area contributed by atoms with Crippen LogP contribution in [0, 0.1) is 0 Å². The molecule has 0 aromatic carbocycles. The van der Waals surface area contributed by atoms with Crippen molar-refractivity contribution in [3.05, 3.63) is 11.3 Å². The standard InChI is InChI=1S/C11H18N2O2/c12-10-2-1-3-11(14)9(10)8-13-4-6-15-7-5-13/h1-8,12H2. The van der Waals surface area contributed by atoms with Crippen molar-refractivity contribution in [3.63, 3.8) is 0 Å². The van der Waals surface area contributed by atoms with Gasteiger partial charge in [-0.15, -0.1) is 0 Å². The Kier molecular flexibility index (Phi) is 3.38. The Morgan fingerprint density at radius 3 is 2.67 bits per heavy atom. The third-order valence-corrected chi connectivity index (χ3v) is 3.06. The van der Waals surface area contributed by atoms with E-state index in [1.165, 1.54) is 0 Å². The van der Waals surface area contributed by atoms with Crippen molar-refractivity contribution in [1.82, 2.24) is 4.90 Å². The summed E-state index contributed by atoms with van der Waals surface area (Å²) in [5.74, 6) is 0.241. The van der Waals surface area contributed by atoms with Crippen molar-refractivity contribution in [2.24, 2.45) is 5.73 Å². The van der Waals surface area contributed by atoms with Gasteiger partial charge in [-0.05, 0) is 12.8 Å². The number of hydrogen-bond donors (Lipinski definition) is 1. The van der Waals surface area contributed by atoms with Gasteiger partial charge in [-0.2, -0.15) is 0 Å². The summed E-state index contributed by atoms with van der Waals surface area (Å²) in [5.41, 5.74) is 7.54. The minimum atomic E-state index is 0.241. The van der Waals surface area contributed by atoms with Gasteiger partial charge in [-0.1, -0.05) is 0 Å². The van der Waals surface area contributed by atoms with Crippen LogP contribution in [0.15, 0.2) is 11.3 Å². The van der Waals surface area contributed by atoms with E-state index in [0.717, 1.165) is 50.4 Å². The number of carbonyl (C=O) groups is 1. The molecule has 0 amide bonds. The maximum Gasteiger partial charge on any atom is 0.161 e. The SMILES string of the molecule is NC1=C(CN2CCOCC2)C(=O)CCC1. The summed E-state index contributed by atoms with van der Waals surface area (Å²) in [6, 6.07) is 0. The molecule has 15 heavy (non-hydrogen) atoms. The highest BCUT2D eigenvalue weighted by Crippen LogP contribution is 2.19. The molecular formula is C11H18N2O2. The summed E-state index contributed by atoms with van der Waals surface area (Å²) in [6.45, 7) is 4.06. The fourth-order valence-electron chi connectivity index (χ4n) is 2.09. The van der Waals surface area contributed by atoms with Crippen molar-refractivity contribution >= 4 is 5.78 Å². The predicted octanol–water partition coefficient (Wildman–Crippen LogP) is 0.284. The summed E-state index contributed by atoms with van der Waals surface area (Å²) in [5, 5.41) is 0. The van der Waals surface area contributed by atoms with Crippen molar-refractivity contribution in [2.45, 2.75) is 19.3 Å². The Labute approximate surface area is 90.1 Å². The number of ketones is 1. The number of Topliss-reactive ketones (excluding diaryl/α,β-unsaturated/α-hetero) is 1. The summed E-state index contributed by atoms with van der Waals surface area (Å²) < 4.78 is 5.27. The first-order valence-corrected chi connectivity index (χ1v) is 5.58. The monoisotopic (exact) mass is 210 g/mol. The van der Waals surface area contributed by atoms with Crippen molar-refractivity contribution < 1.29 is 9.53 Å². The second kappa shape index (κ2) is 4.77. The first-order valence-electron chi connectivity index (χ1n) is 5.58. The summed E-state index contributed by atoms with van der Waals surface area (Å²) in [7, 11) is 0. The minimum Gasteiger partial charge on any atom is -0.402 e. The van der Waals surface area contributed by atoms with Crippen LogP contribution in [0.4, 0.5) is 0 Å². The summed E-state index contributed by atoms with van der Waals surface area (Å²) in [6.07, 6.45) is 2.46. The fourth-order valence-corrected chi connectivity index (χ4v) is 2.09. The van der Waals surface area contributed by atoms with Crippen LogP contribution in [0.3, 0.4) is 0 Å². The Balaban J connectivity index is 1.99. The lowest BCUT2D eigenvalue weighted by Gasteiger charge is -2.28. The van der Waals surface area contributed by atoms with E-state index in [0.29, 0.717) is 13.0 Å². The molecule has 4 heteroatoms. The maximum absolute atomic E-state index is 11.7. The molecule has 2 N–H and O–H groups in total. The van der Waals surface area contributed by atoms with E-state index in [4.69, 9.17) is 10.5 Å². The third kappa shape index (κ3) is 2.58. The average molecular weight is 210 g/mol. The van der Waals surface area contributed by atoms with Gasteiger partial charge < -0.3 is 10.5 Å². The zero-order chi connectivity index (χ0) is 10.7. The van der Waals surface area contributed by atoms with Crippen LogP contribution in [0.5, 0.6) is 0 Å². The van der Waals surface area contributed by atoms with E-state index >= 15 is 0 Å². The normalized spacial score (nSPS) is 24.7. The first kappa shape index (κ1) is 10.6. The molecule has 84 valence electrons. The van der Waals surface area contributed by atoms with Crippen LogP contribution in [0.1, 0.15) is 19.3 Å². The Bertz CT molecular complexity index is 280. The zero-order valence-corrected chi connectivity index (χ0v) is 9.00. The van der Waals surface area contributed by atoms with Gasteiger partial charge in [-0.25, -0.2) is 0 Å². The van der Waals surface area contributed by atoms with Crippen LogP contribution in [0.2, 0.25) is 0 Å². The highest BCUT2D eigenvalue weighted by atomic mass is 16.5. The number of hydrogen-bond acceptors (Lipinski definition) is 4. The lowest BCUT2D eigenvalue weighted by Crippen LogP contribution is -2.39. The minimum absolute atomic E-state index is 0.241. The Morgan fingerprint density at radius 1 is 1.27 bits per heavy atom. The summed E-state index contributed by atoms with van der Waals surface area (Å²) in [4.78, 5) is 13.9. The second-order valence-corrected chi connectivity index (χ2v) is 4.17. The third-order valence-electron chi connectivity index (χ3n) is 3.06. The molecule has 0 bridgehead atoms. The molecule has 1 aliphatic carbocycles. The topological polar surface area (TPSA) is 55.6 Å². The largest absolute Gasteiger partial charge is 0.402 e. The molecule has 0 aromatic heterocycles. The van der Waals surface area contributed by atoms with Crippen molar-refractivity contribution in [2.75, 3.05) is 32.8 Å². The first-order chi connectivity index (χ1) is 7.27. The van der Waals surface area contributed by atoms with Crippen LogP contribution in [-0.4, -0.2) is 43.5 Å². The lowest BCUT2D eigenvalue weighted by atomic mass is 9.95. The van der Waals surface area contributed by atoms with Gasteiger partial charge in [0, 0.05) is 37.3 Å². The van der Waals surface area contributed by atoms with E-state index in [-0.39, 0.29) is 5.78 Å². The highest BCUT2D eigenvalue weighted by molar-refractivity contribution is 5.97. The van der Waals surface area contributed by atoms with Gasteiger partial charge in [0.2, 0.25) is 0 Å².